The number of aryl methyl sites for hydroxylation is 1. The van der Waals surface area contributed by atoms with Gasteiger partial charge in [-0.25, -0.2) is 0 Å². The third-order valence-electron chi connectivity index (χ3n) is 3.37. The standard InChI is InChI=1S/C13H19NO/c1-2-14-13(10-15)8-7-11-5-3-4-6-12(11)9-13/h3-6,14-15H,2,7-10H2,1H3. The van der Waals surface area contributed by atoms with Gasteiger partial charge in [0.1, 0.15) is 0 Å². The van der Waals surface area contributed by atoms with Crippen molar-refractivity contribution in [3.8, 4) is 0 Å². The van der Waals surface area contributed by atoms with Crippen LogP contribution in [0.3, 0.4) is 0 Å². The molecule has 0 aromatic heterocycles. The fourth-order valence-corrected chi connectivity index (χ4v) is 2.52. The molecule has 0 bridgehead atoms. The zero-order valence-corrected chi connectivity index (χ0v) is 9.29. The Morgan fingerprint density at radius 1 is 1.33 bits per heavy atom. The van der Waals surface area contributed by atoms with Crippen LogP contribution in [0, 0.1) is 0 Å². The first-order valence-corrected chi connectivity index (χ1v) is 5.72. The van der Waals surface area contributed by atoms with E-state index in [0.29, 0.717) is 0 Å². The van der Waals surface area contributed by atoms with Gasteiger partial charge in [-0.3, -0.25) is 0 Å². The molecule has 0 heterocycles. The fraction of sp³-hybridized carbons (Fsp3) is 0.538. The van der Waals surface area contributed by atoms with Gasteiger partial charge in [0.25, 0.3) is 0 Å². The molecule has 0 saturated heterocycles. The molecule has 0 radical (unpaired) electrons. The Morgan fingerprint density at radius 3 is 2.73 bits per heavy atom. The maximum Gasteiger partial charge on any atom is 0.0616 e. The van der Waals surface area contributed by atoms with E-state index in [-0.39, 0.29) is 12.1 Å². The average molecular weight is 205 g/mol. The minimum absolute atomic E-state index is 0.0803. The van der Waals surface area contributed by atoms with Crippen LogP contribution >= 0.6 is 0 Å². The first kappa shape index (κ1) is 10.7. The smallest absolute Gasteiger partial charge is 0.0616 e. The average Bonchev–Trinajstić information content (AvgIpc) is 2.29. The Balaban J connectivity index is 2.22. The molecule has 1 aromatic rings. The molecule has 2 nitrogen and oxygen atoms in total. The summed E-state index contributed by atoms with van der Waals surface area (Å²) in [6, 6.07) is 8.55. The Labute approximate surface area is 91.3 Å². The van der Waals surface area contributed by atoms with Crippen LogP contribution in [0.15, 0.2) is 24.3 Å². The summed E-state index contributed by atoms with van der Waals surface area (Å²) in [5.74, 6) is 0. The van der Waals surface area contributed by atoms with Crippen molar-refractivity contribution in [2.45, 2.75) is 31.7 Å². The quantitative estimate of drug-likeness (QED) is 0.784. The number of aliphatic hydroxyl groups is 1. The van der Waals surface area contributed by atoms with Crippen LogP contribution in [0.4, 0.5) is 0 Å². The summed E-state index contributed by atoms with van der Waals surface area (Å²) in [5.41, 5.74) is 2.75. The van der Waals surface area contributed by atoms with Gasteiger partial charge >= 0.3 is 0 Å². The molecule has 0 aliphatic heterocycles. The molecule has 0 amide bonds. The van der Waals surface area contributed by atoms with Gasteiger partial charge in [-0.15, -0.1) is 0 Å². The van der Waals surface area contributed by atoms with E-state index in [2.05, 4.69) is 36.5 Å². The second-order valence-electron chi connectivity index (χ2n) is 4.41. The van der Waals surface area contributed by atoms with Crippen LogP contribution in [0.1, 0.15) is 24.5 Å². The van der Waals surface area contributed by atoms with Crippen molar-refractivity contribution in [3.63, 3.8) is 0 Å². The Kier molecular flexibility index (Phi) is 3.08. The molecular formula is C13H19NO. The Bertz CT molecular complexity index is 337. The minimum Gasteiger partial charge on any atom is -0.394 e. The van der Waals surface area contributed by atoms with Gasteiger partial charge in [-0.05, 0) is 36.9 Å². The third-order valence-corrected chi connectivity index (χ3v) is 3.37. The number of benzene rings is 1. The number of nitrogens with one attached hydrogen (secondary N) is 1. The summed E-state index contributed by atoms with van der Waals surface area (Å²) in [7, 11) is 0. The Morgan fingerprint density at radius 2 is 2.07 bits per heavy atom. The lowest BCUT2D eigenvalue weighted by atomic mass is 9.78. The monoisotopic (exact) mass is 205 g/mol. The van der Waals surface area contributed by atoms with Crippen molar-refractivity contribution >= 4 is 0 Å². The van der Waals surface area contributed by atoms with Crippen LogP contribution in [0.5, 0.6) is 0 Å². The molecule has 2 rings (SSSR count). The molecule has 0 spiro atoms. The van der Waals surface area contributed by atoms with Gasteiger partial charge < -0.3 is 10.4 Å². The highest BCUT2D eigenvalue weighted by molar-refractivity contribution is 5.32. The third kappa shape index (κ3) is 2.06. The Hall–Kier alpha value is -0.860. The minimum atomic E-state index is -0.0803. The maximum atomic E-state index is 9.54. The lowest BCUT2D eigenvalue weighted by Gasteiger charge is -2.37. The van der Waals surface area contributed by atoms with Crippen LogP contribution in [0.2, 0.25) is 0 Å². The van der Waals surface area contributed by atoms with Gasteiger partial charge in [0.05, 0.1) is 6.61 Å². The maximum absolute atomic E-state index is 9.54. The number of likely N-dealkylation sites (N-methyl/N-ethyl adjacent to an activating group) is 1. The molecule has 2 N–H and O–H groups in total. The first-order valence-electron chi connectivity index (χ1n) is 5.72. The highest BCUT2D eigenvalue weighted by Gasteiger charge is 2.32. The summed E-state index contributed by atoms with van der Waals surface area (Å²) < 4.78 is 0. The zero-order valence-electron chi connectivity index (χ0n) is 9.29. The van der Waals surface area contributed by atoms with E-state index < -0.39 is 0 Å². The molecule has 2 heteroatoms. The molecule has 1 atom stereocenters. The van der Waals surface area contributed by atoms with E-state index in [4.69, 9.17) is 0 Å². The second kappa shape index (κ2) is 4.33. The van der Waals surface area contributed by atoms with Gasteiger partial charge in [-0.2, -0.15) is 0 Å². The molecule has 1 unspecified atom stereocenters. The van der Waals surface area contributed by atoms with Crippen molar-refractivity contribution in [3.05, 3.63) is 35.4 Å². The first-order chi connectivity index (χ1) is 7.29. The largest absolute Gasteiger partial charge is 0.394 e. The van der Waals surface area contributed by atoms with E-state index >= 15 is 0 Å². The molecule has 1 aliphatic rings. The van der Waals surface area contributed by atoms with Gasteiger partial charge in [0, 0.05) is 5.54 Å². The van der Waals surface area contributed by atoms with Gasteiger partial charge in [-0.1, -0.05) is 31.2 Å². The highest BCUT2D eigenvalue weighted by Crippen LogP contribution is 2.28. The lowest BCUT2D eigenvalue weighted by molar-refractivity contribution is 0.147. The number of aliphatic hydroxyl groups excluding tert-OH is 1. The molecule has 1 aromatic carbocycles. The number of hydrogen-bond donors (Lipinski definition) is 2. The predicted molar refractivity (Wildman–Crippen MR) is 62.0 cm³/mol. The lowest BCUT2D eigenvalue weighted by Crippen LogP contribution is -2.52. The summed E-state index contributed by atoms with van der Waals surface area (Å²) in [5, 5.41) is 13.0. The van der Waals surface area contributed by atoms with Crippen molar-refractivity contribution in [2.75, 3.05) is 13.2 Å². The summed E-state index contributed by atoms with van der Waals surface area (Å²) in [6.07, 6.45) is 3.06. The zero-order chi connectivity index (χ0) is 10.7. The molecular weight excluding hydrogens is 186 g/mol. The van der Waals surface area contributed by atoms with E-state index in [1.165, 1.54) is 11.1 Å². The fourth-order valence-electron chi connectivity index (χ4n) is 2.52. The highest BCUT2D eigenvalue weighted by atomic mass is 16.3. The van der Waals surface area contributed by atoms with Crippen molar-refractivity contribution in [1.29, 1.82) is 0 Å². The van der Waals surface area contributed by atoms with Crippen molar-refractivity contribution < 1.29 is 5.11 Å². The van der Waals surface area contributed by atoms with Gasteiger partial charge in [0.2, 0.25) is 0 Å². The molecule has 82 valence electrons. The summed E-state index contributed by atoms with van der Waals surface area (Å²) >= 11 is 0. The van der Waals surface area contributed by atoms with Crippen LogP contribution in [-0.4, -0.2) is 23.8 Å². The second-order valence-corrected chi connectivity index (χ2v) is 4.41. The molecule has 1 aliphatic carbocycles. The number of fused-ring (bicyclic) bond motifs is 1. The van der Waals surface area contributed by atoms with Crippen molar-refractivity contribution in [2.24, 2.45) is 0 Å². The van der Waals surface area contributed by atoms with Gasteiger partial charge in [0.15, 0.2) is 0 Å². The van der Waals surface area contributed by atoms with E-state index in [0.717, 1.165) is 25.8 Å². The molecule has 0 fully saturated rings. The molecule has 15 heavy (non-hydrogen) atoms. The number of hydrogen-bond acceptors (Lipinski definition) is 2. The van der Waals surface area contributed by atoms with Crippen molar-refractivity contribution in [1.82, 2.24) is 5.32 Å². The summed E-state index contributed by atoms with van der Waals surface area (Å²) in [6.45, 7) is 3.25. The number of rotatable bonds is 3. The topological polar surface area (TPSA) is 32.3 Å². The van der Waals surface area contributed by atoms with Crippen LogP contribution < -0.4 is 5.32 Å². The molecule has 0 saturated carbocycles. The SMILES string of the molecule is CCNC1(CO)CCc2ccccc2C1. The van der Waals surface area contributed by atoms with E-state index in [1.807, 2.05) is 0 Å². The van der Waals surface area contributed by atoms with Crippen LogP contribution in [-0.2, 0) is 12.8 Å². The van der Waals surface area contributed by atoms with Crippen LogP contribution in [0.25, 0.3) is 0 Å². The van der Waals surface area contributed by atoms with E-state index in [1.54, 1.807) is 0 Å². The van der Waals surface area contributed by atoms with E-state index in [9.17, 15) is 5.11 Å². The normalized spacial score (nSPS) is 24.9. The predicted octanol–water partition coefficient (Wildman–Crippen LogP) is 1.52. The summed E-state index contributed by atoms with van der Waals surface area (Å²) in [4.78, 5) is 0.